The Hall–Kier alpha value is -1.33. The largest absolute Gasteiger partial charge is 0.467 e. The average molecular weight is 330 g/mol. The van der Waals surface area contributed by atoms with Crippen molar-refractivity contribution in [3.8, 4) is 0 Å². The summed E-state index contributed by atoms with van der Waals surface area (Å²) in [7, 11) is 0. The Morgan fingerprint density at radius 3 is 3.06 bits per heavy atom. The summed E-state index contributed by atoms with van der Waals surface area (Å²) in [5.41, 5.74) is 0.324. The lowest BCUT2D eigenvalue weighted by atomic mass is 10.2. The molecular formula is C12H10BrClN2O2. The first-order chi connectivity index (χ1) is 8.58. The third kappa shape index (κ3) is 2.91. The number of halogens is 2. The number of furan rings is 1. The molecule has 4 nitrogen and oxygen atoms in total. The summed E-state index contributed by atoms with van der Waals surface area (Å²) in [6.07, 6.45) is 3.10. The number of nitrogens with one attached hydrogen (secondary N) is 1. The summed E-state index contributed by atoms with van der Waals surface area (Å²) in [5, 5.41) is 2.96. The van der Waals surface area contributed by atoms with Gasteiger partial charge in [0.2, 0.25) is 0 Å². The van der Waals surface area contributed by atoms with Gasteiger partial charge in [0.1, 0.15) is 10.9 Å². The summed E-state index contributed by atoms with van der Waals surface area (Å²) in [6.45, 7) is 1.83. The highest BCUT2D eigenvalue weighted by Crippen LogP contribution is 2.19. The minimum absolute atomic E-state index is 0.169. The van der Waals surface area contributed by atoms with Gasteiger partial charge in [-0.05, 0) is 41.1 Å². The molecule has 18 heavy (non-hydrogen) atoms. The Labute approximate surface area is 117 Å². The maximum atomic E-state index is 12.0. The van der Waals surface area contributed by atoms with Gasteiger partial charge in [-0.1, -0.05) is 11.6 Å². The normalized spacial score (nSPS) is 12.2. The van der Waals surface area contributed by atoms with E-state index in [2.05, 4.69) is 26.2 Å². The van der Waals surface area contributed by atoms with Crippen LogP contribution in [-0.4, -0.2) is 10.9 Å². The van der Waals surface area contributed by atoms with Gasteiger partial charge in [0.25, 0.3) is 5.91 Å². The summed E-state index contributed by atoms with van der Waals surface area (Å²) in [4.78, 5) is 15.9. The molecule has 0 bridgehead atoms. The van der Waals surface area contributed by atoms with Crippen LogP contribution in [0.5, 0.6) is 0 Å². The van der Waals surface area contributed by atoms with Crippen LogP contribution >= 0.6 is 27.5 Å². The number of pyridine rings is 1. The molecule has 1 unspecified atom stereocenters. The van der Waals surface area contributed by atoms with Gasteiger partial charge in [-0.25, -0.2) is 4.98 Å². The topological polar surface area (TPSA) is 55.1 Å². The predicted molar refractivity (Wildman–Crippen MR) is 71.5 cm³/mol. The third-order valence-electron chi connectivity index (χ3n) is 2.37. The second kappa shape index (κ2) is 5.54. The van der Waals surface area contributed by atoms with E-state index in [4.69, 9.17) is 16.0 Å². The summed E-state index contributed by atoms with van der Waals surface area (Å²) < 4.78 is 5.91. The van der Waals surface area contributed by atoms with Crippen LogP contribution in [0.2, 0.25) is 5.15 Å². The molecule has 6 heteroatoms. The third-order valence-corrected chi connectivity index (χ3v) is 3.10. The predicted octanol–water partition coefficient (Wildman–Crippen LogP) is 3.58. The molecule has 0 aliphatic rings. The first kappa shape index (κ1) is 13.1. The molecule has 1 N–H and O–H groups in total. The molecule has 0 radical (unpaired) electrons. The average Bonchev–Trinajstić information content (AvgIpc) is 2.85. The molecule has 0 aliphatic heterocycles. The van der Waals surface area contributed by atoms with Crippen molar-refractivity contribution in [3.63, 3.8) is 0 Å². The van der Waals surface area contributed by atoms with Crippen LogP contribution in [0, 0.1) is 0 Å². The lowest BCUT2D eigenvalue weighted by Crippen LogP contribution is -2.26. The van der Waals surface area contributed by atoms with E-state index in [0.29, 0.717) is 15.8 Å². The Balaban J connectivity index is 2.15. The fourth-order valence-electron chi connectivity index (χ4n) is 1.46. The highest BCUT2D eigenvalue weighted by Gasteiger charge is 2.16. The van der Waals surface area contributed by atoms with Crippen LogP contribution < -0.4 is 5.32 Å². The van der Waals surface area contributed by atoms with Crippen LogP contribution in [0.3, 0.4) is 0 Å². The van der Waals surface area contributed by atoms with Crippen LogP contribution in [0.4, 0.5) is 0 Å². The molecule has 2 heterocycles. The van der Waals surface area contributed by atoms with Gasteiger partial charge >= 0.3 is 0 Å². The number of aromatic nitrogens is 1. The maximum Gasteiger partial charge on any atom is 0.255 e. The van der Waals surface area contributed by atoms with Crippen molar-refractivity contribution in [2.24, 2.45) is 0 Å². The van der Waals surface area contributed by atoms with E-state index in [1.165, 1.54) is 6.20 Å². The van der Waals surface area contributed by atoms with Crippen molar-refractivity contribution < 1.29 is 9.21 Å². The highest BCUT2D eigenvalue weighted by atomic mass is 79.9. The van der Waals surface area contributed by atoms with Gasteiger partial charge in [-0.15, -0.1) is 0 Å². The SMILES string of the molecule is CC(NC(=O)c1cc(Br)cnc1Cl)c1ccco1. The number of nitrogens with zero attached hydrogens (tertiary/aromatic N) is 1. The number of rotatable bonds is 3. The summed E-state index contributed by atoms with van der Waals surface area (Å²) in [5.74, 6) is 0.389. The highest BCUT2D eigenvalue weighted by molar-refractivity contribution is 9.10. The Kier molecular flexibility index (Phi) is 4.04. The zero-order valence-electron chi connectivity index (χ0n) is 9.48. The first-order valence-corrected chi connectivity index (χ1v) is 6.40. The van der Waals surface area contributed by atoms with Crippen molar-refractivity contribution in [2.45, 2.75) is 13.0 Å². The zero-order valence-corrected chi connectivity index (χ0v) is 11.8. The maximum absolute atomic E-state index is 12.0. The van der Waals surface area contributed by atoms with Gasteiger partial charge < -0.3 is 9.73 Å². The lowest BCUT2D eigenvalue weighted by Gasteiger charge is -2.12. The van der Waals surface area contributed by atoms with E-state index in [9.17, 15) is 4.79 Å². The van der Waals surface area contributed by atoms with Crippen molar-refractivity contribution >= 4 is 33.4 Å². The van der Waals surface area contributed by atoms with Crippen LogP contribution in [0.15, 0.2) is 39.5 Å². The number of carbonyl (C=O) groups is 1. The number of hydrogen-bond acceptors (Lipinski definition) is 3. The van der Waals surface area contributed by atoms with Crippen LogP contribution in [-0.2, 0) is 0 Å². The Bertz CT molecular complexity index is 557. The molecular weight excluding hydrogens is 320 g/mol. The Morgan fingerprint density at radius 1 is 1.61 bits per heavy atom. The van der Waals surface area contributed by atoms with Gasteiger partial charge in [-0.3, -0.25) is 4.79 Å². The van der Waals surface area contributed by atoms with Gasteiger partial charge in [0.15, 0.2) is 0 Å². The van der Waals surface area contributed by atoms with Crippen molar-refractivity contribution in [1.29, 1.82) is 0 Å². The lowest BCUT2D eigenvalue weighted by molar-refractivity contribution is 0.0935. The first-order valence-electron chi connectivity index (χ1n) is 5.23. The standard InChI is InChI=1S/C12H10BrClN2O2/c1-7(10-3-2-4-18-10)16-12(17)9-5-8(13)6-15-11(9)14/h2-7H,1H3,(H,16,17). The van der Waals surface area contributed by atoms with E-state index >= 15 is 0 Å². The van der Waals surface area contributed by atoms with Crippen LogP contribution in [0.25, 0.3) is 0 Å². The summed E-state index contributed by atoms with van der Waals surface area (Å²) >= 11 is 9.13. The molecule has 0 aromatic carbocycles. The quantitative estimate of drug-likeness (QED) is 0.876. The second-order valence-electron chi connectivity index (χ2n) is 3.70. The van der Waals surface area contributed by atoms with Gasteiger partial charge in [0, 0.05) is 10.7 Å². The fourth-order valence-corrected chi connectivity index (χ4v) is 1.99. The molecule has 1 atom stereocenters. The van der Waals surface area contributed by atoms with E-state index in [0.717, 1.165) is 0 Å². The number of amides is 1. The van der Waals surface area contributed by atoms with E-state index in [1.54, 1.807) is 24.5 Å². The molecule has 2 aromatic heterocycles. The van der Waals surface area contributed by atoms with E-state index in [1.807, 2.05) is 6.92 Å². The second-order valence-corrected chi connectivity index (χ2v) is 4.98. The molecule has 2 rings (SSSR count). The van der Waals surface area contributed by atoms with Crippen LogP contribution in [0.1, 0.15) is 29.1 Å². The molecule has 0 spiro atoms. The van der Waals surface area contributed by atoms with Crippen molar-refractivity contribution in [2.75, 3.05) is 0 Å². The molecule has 0 fully saturated rings. The van der Waals surface area contributed by atoms with Gasteiger partial charge in [0.05, 0.1) is 17.9 Å². The minimum Gasteiger partial charge on any atom is -0.467 e. The van der Waals surface area contributed by atoms with E-state index < -0.39 is 0 Å². The minimum atomic E-state index is -0.294. The molecule has 94 valence electrons. The number of hydrogen-bond donors (Lipinski definition) is 1. The molecule has 2 aromatic rings. The molecule has 0 saturated carbocycles. The zero-order chi connectivity index (χ0) is 13.1. The summed E-state index contributed by atoms with van der Waals surface area (Å²) in [6, 6.07) is 4.96. The van der Waals surface area contributed by atoms with Crippen molar-refractivity contribution in [1.82, 2.24) is 10.3 Å². The molecule has 0 saturated heterocycles. The molecule has 1 amide bonds. The molecule has 0 aliphatic carbocycles. The van der Waals surface area contributed by atoms with Gasteiger partial charge in [-0.2, -0.15) is 0 Å². The monoisotopic (exact) mass is 328 g/mol. The number of carbonyl (C=O) groups excluding carboxylic acids is 1. The Morgan fingerprint density at radius 2 is 2.39 bits per heavy atom. The smallest absolute Gasteiger partial charge is 0.255 e. The van der Waals surface area contributed by atoms with Crippen molar-refractivity contribution in [3.05, 3.63) is 51.6 Å². The van der Waals surface area contributed by atoms with E-state index in [-0.39, 0.29) is 17.1 Å². The fraction of sp³-hybridized carbons (Fsp3) is 0.167.